The molecule has 0 heterocycles. The van der Waals surface area contributed by atoms with Gasteiger partial charge < -0.3 is 20.1 Å². The second-order valence-electron chi connectivity index (χ2n) is 1.88. The summed E-state index contributed by atoms with van der Waals surface area (Å²) in [5.41, 5.74) is 0. The number of ether oxygens (including phenoxy) is 1. The third-order valence-corrected chi connectivity index (χ3v) is 0.571. The van der Waals surface area contributed by atoms with Crippen LogP contribution in [0, 0.1) is 0 Å². The van der Waals surface area contributed by atoms with Gasteiger partial charge in [0.25, 0.3) is 0 Å². The van der Waals surface area contributed by atoms with Crippen LogP contribution in [0.1, 0.15) is 6.92 Å². The fraction of sp³-hybridized carbons (Fsp3) is 0.600. The van der Waals surface area contributed by atoms with Gasteiger partial charge in [-0.2, -0.15) is 0 Å². The molecule has 0 radical (unpaired) electrons. The van der Waals surface area contributed by atoms with E-state index in [1.54, 1.807) is 19.1 Å². The van der Waals surface area contributed by atoms with E-state index < -0.39 is 0 Å². The summed E-state index contributed by atoms with van der Waals surface area (Å²) in [5, 5.41) is 22.8. The highest BCUT2D eigenvalue weighted by atomic mass is 16.5. The van der Waals surface area contributed by atoms with Crippen LogP contribution >= 0.6 is 0 Å². The number of rotatable bonds is 5. The summed E-state index contributed by atoms with van der Waals surface area (Å²) in [6, 6.07) is 0. The normalized spacial score (nSPS) is 7.43. The summed E-state index contributed by atoms with van der Waals surface area (Å²) in [7, 11) is 0. The van der Waals surface area contributed by atoms with Crippen LogP contribution in [-0.2, 0) is 4.74 Å². The molecule has 14 heavy (non-hydrogen) atoms. The van der Waals surface area contributed by atoms with E-state index in [2.05, 4.69) is 13.2 Å². The van der Waals surface area contributed by atoms with Crippen molar-refractivity contribution in [3.8, 4) is 0 Å². The molecule has 4 nitrogen and oxygen atoms in total. The lowest BCUT2D eigenvalue weighted by molar-refractivity contribution is 0.186. The van der Waals surface area contributed by atoms with Crippen molar-refractivity contribution in [3.05, 3.63) is 25.3 Å². The summed E-state index contributed by atoms with van der Waals surface area (Å²) >= 11 is 0. The minimum Gasteiger partial charge on any atom is -0.397 e. The van der Waals surface area contributed by atoms with E-state index >= 15 is 0 Å². The van der Waals surface area contributed by atoms with Crippen LogP contribution in [0.3, 0.4) is 0 Å². The van der Waals surface area contributed by atoms with Crippen molar-refractivity contribution in [1.82, 2.24) is 0 Å². The average molecular weight is 206 g/mol. The number of hydrogen-bond acceptors (Lipinski definition) is 4. The van der Waals surface area contributed by atoms with Gasteiger partial charge in [0.05, 0.1) is 26.4 Å². The predicted molar refractivity (Wildman–Crippen MR) is 58.1 cm³/mol. The van der Waals surface area contributed by atoms with Crippen molar-refractivity contribution in [2.24, 2.45) is 0 Å². The van der Waals surface area contributed by atoms with Crippen LogP contribution in [0.2, 0.25) is 0 Å². The van der Waals surface area contributed by atoms with Crippen LogP contribution < -0.4 is 0 Å². The van der Waals surface area contributed by atoms with Crippen molar-refractivity contribution in [2.45, 2.75) is 6.92 Å². The third kappa shape index (κ3) is 64.6. The molecule has 86 valence electrons. The smallest absolute Gasteiger partial charge is 0.0662 e. The molecule has 0 unspecified atom stereocenters. The Labute approximate surface area is 86.2 Å². The zero-order valence-electron chi connectivity index (χ0n) is 8.85. The van der Waals surface area contributed by atoms with Gasteiger partial charge in [-0.1, -0.05) is 12.2 Å². The summed E-state index contributed by atoms with van der Waals surface area (Å²) in [6.45, 7) is 9.86. The van der Waals surface area contributed by atoms with Gasteiger partial charge in [0.1, 0.15) is 0 Å². The summed E-state index contributed by atoms with van der Waals surface area (Å²) < 4.78 is 4.90. The highest BCUT2D eigenvalue weighted by Gasteiger charge is 1.70. The van der Waals surface area contributed by atoms with E-state index in [1.165, 1.54) is 0 Å². The quantitative estimate of drug-likeness (QED) is 0.448. The van der Waals surface area contributed by atoms with Crippen molar-refractivity contribution >= 4 is 0 Å². The molecular weight excluding hydrogens is 184 g/mol. The van der Waals surface area contributed by atoms with E-state index in [9.17, 15) is 0 Å². The monoisotopic (exact) mass is 206 g/mol. The van der Waals surface area contributed by atoms with Gasteiger partial charge >= 0.3 is 0 Å². The van der Waals surface area contributed by atoms with E-state index in [0.717, 1.165) is 0 Å². The van der Waals surface area contributed by atoms with Crippen molar-refractivity contribution < 1.29 is 20.1 Å². The second kappa shape index (κ2) is 29.5. The van der Waals surface area contributed by atoms with Gasteiger partial charge in [-0.25, -0.2) is 0 Å². The van der Waals surface area contributed by atoms with Crippen molar-refractivity contribution in [1.29, 1.82) is 0 Å². The first-order chi connectivity index (χ1) is 6.74. The molecular formula is C10H22O4. The van der Waals surface area contributed by atoms with Gasteiger partial charge in [0.15, 0.2) is 0 Å². The Kier molecular flexibility index (Phi) is 40.0. The van der Waals surface area contributed by atoms with Gasteiger partial charge in [0.2, 0.25) is 0 Å². The minimum atomic E-state index is -0.125. The fourth-order valence-electron chi connectivity index (χ4n) is 0.235. The van der Waals surface area contributed by atoms with Gasteiger partial charge in [0, 0.05) is 6.61 Å². The van der Waals surface area contributed by atoms with Crippen molar-refractivity contribution in [3.63, 3.8) is 0 Å². The molecule has 0 bridgehead atoms. The van der Waals surface area contributed by atoms with E-state index in [1.807, 2.05) is 0 Å². The third-order valence-electron chi connectivity index (χ3n) is 0.571. The number of aliphatic hydroxyl groups is 3. The molecule has 0 spiro atoms. The van der Waals surface area contributed by atoms with Crippen LogP contribution in [0.25, 0.3) is 0 Å². The van der Waals surface area contributed by atoms with Crippen molar-refractivity contribution in [2.75, 3.05) is 33.0 Å². The molecule has 0 aromatic heterocycles. The Morgan fingerprint density at radius 2 is 1.29 bits per heavy atom. The van der Waals surface area contributed by atoms with Crippen LogP contribution in [-0.4, -0.2) is 48.4 Å². The SMILES string of the molecule is C=CCOCC=C.CCO.OCCO. The maximum Gasteiger partial charge on any atom is 0.0662 e. The molecule has 0 atom stereocenters. The Balaban J connectivity index is -0.000000147. The Morgan fingerprint density at radius 3 is 1.43 bits per heavy atom. The van der Waals surface area contributed by atoms with Crippen LogP contribution in [0.4, 0.5) is 0 Å². The zero-order valence-corrected chi connectivity index (χ0v) is 8.85. The number of hydrogen-bond donors (Lipinski definition) is 3. The second-order valence-corrected chi connectivity index (χ2v) is 1.88. The van der Waals surface area contributed by atoms with E-state index in [0.29, 0.717) is 13.2 Å². The molecule has 0 saturated carbocycles. The molecule has 4 heteroatoms. The predicted octanol–water partition coefficient (Wildman–Crippen LogP) is 0.345. The molecule has 3 N–H and O–H groups in total. The lowest BCUT2D eigenvalue weighted by Crippen LogP contribution is -1.87. The maximum atomic E-state index is 7.62. The summed E-state index contributed by atoms with van der Waals surface area (Å²) in [5.74, 6) is 0. The highest BCUT2D eigenvalue weighted by molar-refractivity contribution is 4.68. The van der Waals surface area contributed by atoms with Gasteiger partial charge in [-0.3, -0.25) is 0 Å². The first kappa shape index (κ1) is 19.0. The molecule has 0 aliphatic rings. The molecule has 0 amide bonds. The Hall–Kier alpha value is -0.680. The van der Waals surface area contributed by atoms with Gasteiger partial charge in [-0.15, -0.1) is 13.2 Å². The molecule has 0 aliphatic carbocycles. The zero-order chi connectivity index (χ0) is 11.7. The standard InChI is InChI=1S/C6H10O.C2H6O2.C2H6O/c1-3-5-7-6-4-2;3-1-2-4;1-2-3/h3-4H,1-2,5-6H2;3-4H,1-2H2;3H,2H2,1H3. The van der Waals surface area contributed by atoms with E-state index in [4.69, 9.17) is 20.1 Å². The molecule has 0 saturated heterocycles. The summed E-state index contributed by atoms with van der Waals surface area (Å²) in [6.07, 6.45) is 3.42. The summed E-state index contributed by atoms with van der Waals surface area (Å²) in [4.78, 5) is 0. The lowest BCUT2D eigenvalue weighted by Gasteiger charge is -1.89. The van der Waals surface area contributed by atoms with Crippen LogP contribution in [0.15, 0.2) is 25.3 Å². The van der Waals surface area contributed by atoms with Crippen LogP contribution in [0.5, 0.6) is 0 Å². The number of aliphatic hydroxyl groups excluding tert-OH is 3. The topological polar surface area (TPSA) is 69.9 Å². The maximum absolute atomic E-state index is 7.62. The first-order valence-corrected chi connectivity index (χ1v) is 4.37. The first-order valence-electron chi connectivity index (χ1n) is 4.37. The Bertz CT molecular complexity index is 84.1. The molecule has 0 aromatic carbocycles. The van der Waals surface area contributed by atoms with E-state index in [-0.39, 0.29) is 19.8 Å². The molecule has 0 aromatic rings. The lowest BCUT2D eigenvalue weighted by atomic mass is 10.6. The minimum absolute atomic E-state index is 0.125. The average Bonchev–Trinajstić information content (AvgIpc) is 2.20. The highest BCUT2D eigenvalue weighted by Crippen LogP contribution is 1.72. The molecule has 0 rings (SSSR count). The largest absolute Gasteiger partial charge is 0.397 e. The Morgan fingerprint density at radius 1 is 1.00 bits per heavy atom. The van der Waals surface area contributed by atoms with Gasteiger partial charge in [-0.05, 0) is 6.92 Å². The fourth-order valence-corrected chi connectivity index (χ4v) is 0.235. The molecule has 0 fully saturated rings. The molecule has 0 aliphatic heterocycles.